The van der Waals surface area contributed by atoms with E-state index in [2.05, 4.69) is 4.98 Å². The largest absolute Gasteiger partial charge is 0.397 e. The highest BCUT2D eigenvalue weighted by Crippen LogP contribution is 2.08. The fraction of sp³-hybridized carbons (Fsp3) is 0.286. The first-order valence-corrected chi connectivity index (χ1v) is 4.79. The lowest BCUT2D eigenvalue weighted by Crippen LogP contribution is -1.97. The molecule has 0 fully saturated rings. The number of hydrogen-bond acceptors (Lipinski definition) is 4. The van der Waals surface area contributed by atoms with Crippen LogP contribution in [0.5, 0.6) is 0 Å². The molecule has 0 amide bonds. The Labute approximate surface area is 72.4 Å². The third kappa shape index (κ3) is 2.20. The standard InChI is InChI=1S/C7H10N2O2S/c1-5-7(8)3-2-6(9-5)4-12(10)11/h2-3,12H,4,8H2,1H3. The molecule has 12 heavy (non-hydrogen) atoms. The van der Waals surface area contributed by atoms with E-state index < -0.39 is 10.7 Å². The number of rotatable bonds is 2. The van der Waals surface area contributed by atoms with Crippen molar-refractivity contribution in [1.29, 1.82) is 0 Å². The molecule has 0 aliphatic heterocycles. The van der Waals surface area contributed by atoms with E-state index in [-0.39, 0.29) is 5.75 Å². The molecule has 0 aliphatic rings. The van der Waals surface area contributed by atoms with Crippen molar-refractivity contribution in [3.63, 3.8) is 0 Å². The van der Waals surface area contributed by atoms with Gasteiger partial charge in [-0.05, 0) is 19.1 Å². The van der Waals surface area contributed by atoms with Gasteiger partial charge < -0.3 is 5.73 Å². The van der Waals surface area contributed by atoms with Crippen molar-refractivity contribution in [3.05, 3.63) is 23.5 Å². The van der Waals surface area contributed by atoms with E-state index in [1.165, 1.54) is 0 Å². The summed E-state index contributed by atoms with van der Waals surface area (Å²) in [7, 11) is -2.40. The smallest absolute Gasteiger partial charge is 0.145 e. The van der Waals surface area contributed by atoms with Gasteiger partial charge in [-0.1, -0.05) is 0 Å². The minimum atomic E-state index is -2.40. The number of anilines is 1. The highest BCUT2D eigenvalue weighted by Gasteiger charge is 1.98. The molecule has 0 unspecified atom stereocenters. The molecule has 0 bridgehead atoms. The van der Waals surface area contributed by atoms with Gasteiger partial charge in [0.05, 0.1) is 22.8 Å². The van der Waals surface area contributed by atoms with Crippen molar-refractivity contribution in [2.24, 2.45) is 0 Å². The molecule has 0 saturated heterocycles. The van der Waals surface area contributed by atoms with Gasteiger partial charge in [0, 0.05) is 0 Å². The lowest BCUT2D eigenvalue weighted by molar-refractivity contribution is 0.613. The Hall–Kier alpha value is -1.10. The van der Waals surface area contributed by atoms with Gasteiger partial charge in [0.15, 0.2) is 0 Å². The molecule has 1 heterocycles. The van der Waals surface area contributed by atoms with Crippen molar-refractivity contribution in [2.75, 3.05) is 5.73 Å². The summed E-state index contributed by atoms with van der Waals surface area (Å²) in [6.45, 7) is 1.75. The van der Waals surface area contributed by atoms with Gasteiger partial charge >= 0.3 is 0 Å². The van der Waals surface area contributed by atoms with E-state index in [9.17, 15) is 8.42 Å². The Morgan fingerprint density at radius 1 is 1.50 bits per heavy atom. The summed E-state index contributed by atoms with van der Waals surface area (Å²) in [6.07, 6.45) is 0. The van der Waals surface area contributed by atoms with E-state index in [1.54, 1.807) is 19.1 Å². The summed E-state index contributed by atoms with van der Waals surface area (Å²) in [5.74, 6) is -0.0174. The molecule has 1 rings (SSSR count). The molecule has 0 atom stereocenters. The molecule has 0 spiro atoms. The zero-order chi connectivity index (χ0) is 9.14. The van der Waals surface area contributed by atoms with Crippen LogP contribution in [0.2, 0.25) is 0 Å². The van der Waals surface area contributed by atoms with Crippen molar-refractivity contribution in [3.8, 4) is 0 Å². The minimum absolute atomic E-state index is 0.0174. The van der Waals surface area contributed by atoms with E-state index in [0.717, 1.165) is 0 Å². The first-order valence-electron chi connectivity index (χ1n) is 3.43. The molecule has 0 aromatic carbocycles. The van der Waals surface area contributed by atoms with Crippen LogP contribution in [0.3, 0.4) is 0 Å². The fourth-order valence-electron chi connectivity index (χ4n) is 0.844. The van der Waals surface area contributed by atoms with Crippen molar-refractivity contribution >= 4 is 16.4 Å². The summed E-state index contributed by atoms with van der Waals surface area (Å²) in [5.41, 5.74) is 7.30. The van der Waals surface area contributed by atoms with Crippen LogP contribution >= 0.6 is 0 Å². The SMILES string of the molecule is Cc1nc(C[SH](=O)=O)ccc1N. The molecule has 0 radical (unpaired) electrons. The number of nitrogens with zero attached hydrogens (tertiary/aromatic N) is 1. The van der Waals surface area contributed by atoms with Crippen LogP contribution in [-0.4, -0.2) is 13.4 Å². The first kappa shape index (κ1) is 8.99. The minimum Gasteiger partial charge on any atom is -0.397 e. The Morgan fingerprint density at radius 3 is 2.67 bits per heavy atom. The van der Waals surface area contributed by atoms with Crippen LogP contribution in [0.25, 0.3) is 0 Å². The zero-order valence-electron chi connectivity index (χ0n) is 6.65. The molecule has 0 aliphatic carbocycles. The summed E-state index contributed by atoms with van der Waals surface area (Å²) < 4.78 is 20.7. The molecule has 1 aromatic heterocycles. The van der Waals surface area contributed by atoms with E-state index in [4.69, 9.17) is 5.73 Å². The van der Waals surface area contributed by atoms with Gasteiger partial charge in [-0.3, -0.25) is 4.98 Å². The van der Waals surface area contributed by atoms with Crippen LogP contribution in [0, 0.1) is 6.92 Å². The van der Waals surface area contributed by atoms with Crippen LogP contribution in [0.15, 0.2) is 12.1 Å². The van der Waals surface area contributed by atoms with Crippen molar-refractivity contribution in [2.45, 2.75) is 12.7 Å². The molecule has 4 nitrogen and oxygen atoms in total. The second-order valence-corrected chi connectivity index (χ2v) is 3.45. The fourth-order valence-corrected chi connectivity index (χ4v) is 1.28. The highest BCUT2D eigenvalue weighted by molar-refractivity contribution is 7.71. The Bertz CT molecular complexity index is 352. The van der Waals surface area contributed by atoms with E-state index in [0.29, 0.717) is 17.1 Å². The second kappa shape index (κ2) is 3.53. The van der Waals surface area contributed by atoms with Crippen molar-refractivity contribution in [1.82, 2.24) is 4.98 Å². The first-order chi connectivity index (χ1) is 5.59. The number of nitrogen functional groups attached to an aromatic ring is 1. The van der Waals surface area contributed by atoms with Gasteiger partial charge in [-0.25, -0.2) is 8.42 Å². The second-order valence-electron chi connectivity index (χ2n) is 2.47. The topological polar surface area (TPSA) is 73.0 Å². The molecule has 66 valence electrons. The summed E-state index contributed by atoms with van der Waals surface area (Å²) in [5, 5.41) is 0. The Morgan fingerprint density at radius 2 is 2.17 bits per heavy atom. The van der Waals surface area contributed by atoms with Crippen LogP contribution in [-0.2, 0) is 16.5 Å². The Balaban J connectivity index is 2.97. The normalized spacial score (nSPS) is 10.5. The van der Waals surface area contributed by atoms with Gasteiger partial charge in [0.25, 0.3) is 0 Å². The lowest BCUT2D eigenvalue weighted by Gasteiger charge is -1.99. The molecular weight excluding hydrogens is 176 g/mol. The number of pyridine rings is 1. The lowest BCUT2D eigenvalue weighted by atomic mass is 10.3. The molecule has 0 saturated carbocycles. The van der Waals surface area contributed by atoms with Crippen LogP contribution in [0.1, 0.15) is 11.4 Å². The maximum absolute atomic E-state index is 10.3. The maximum atomic E-state index is 10.3. The van der Waals surface area contributed by atoms with Gasteiger partial charge in [-0.15, -0.1) is 0 Å². The Kier molecular flexibility index (Phi) is 2.65. The average molecular weight is 186 g/mol. The number of thiol groups is 1. The number of aromatic nitrogens is 1. The van der Waals surface area contributed by atoms with Gasteiger partial charge in [-0.2, -0.15) is 0 Å². The molecular formula is C7H10N2O2S. The molecule has 2 N–H and O–H groups in total. The highest BCUT2D eigenvalue weighted by atomic mass is 32.2. The van der Waals surface area contributed by atoms with E-state index in [1.807, 2.05) is 0 Å². The summed E-state index contributed by atoms with van der Waals surface area (Å²) >= 11 is 0. The maximum Gasteiger partial charge on any atom is 0.145 e. The summed E-state index contributed by atoms with van der Waals surface area (Å²) in [4.78, 5) is 4.00. The zero-order valence-corrected chi connectivity index (χ0v) is 7.54. The predicted molar refractivity (Wildman–Crippen MR) is 47.4 cm³/mol. The molecule has 1 aromatic rings. The van der Waals surface area contributed by atoms with Crippen molar-refractivity contribution < 1.29 is 8.42 Å². The number of aryl methyl sites for hydroxylation is 1. The quantitative estimate of drug-likeness (QED) is 0.642. The molecule has 5 heteroatoms. The average Bonchev–Trinajstić information content (AvgIpc) is 1.96. The third-order valence-corrected chi connectivity index (χ3v) is 2.06. The summed E-state index contributed by atoms with van der Waals surface area (Å²) in [6, 6.07) is 3.28. The van der Waals surface area contributed by atoms with Crippen LogP contribution in [0.4, 0.5) is 5.69 Å². The van der Waals surface area contributed by atoms with Crippen LogP contribution < -0.4 is 5.73 Å². The third-order valence-electron chi connectivity index (χ3n) is 1.48. The monoisotopic (exact) mass is 186 g/mol. The number of hydrogen-bond donors (Lipinski definition) is 2. The van der Waals surface area contributed by atoms with Gasteiger partial charge in [0.1, 0.15) is 10.7 Å². The van der Waals surface area contributed by atoms with E-state index >= 15 is 0 Å². The van der Waals surface area contributed by atoms with Gasteiger partial charge in [0.2, 0.25) is 0 Å². The number of nitrogens with two attached hydrogens (primary N) is 1. The predicted octanol–water partition coefficient (Wildman–Crippen LogP) is 0.0836.